The Hall–Kier alpha value is -3.72. The number of rotatable bonds is 7. The van der Waals surface area contributed by atoms with Crippen LogP contribution >= 0.6 is 11.3 Å². The van der Waals surface area contributed by atoms with E-state index in [4.69, 9.17) is 9.47 Å². The molecule has 1 aliphatic rings. The molecule has 3 aromatic rings. The molecule has 8 nitrogen and oxygen atoms in total. The third-order valence-electron chi connectivity index (χ3n) is 5.45. The van der Waals surface area contributed by atoms with Crippen molar-refractivity contribution in [2.45, 2.75) is 25.7 Å². The molecule has 0 unspecified atom stereocenters. The first-order valence-electron chi connectivity index (χ1n) is 10.5. The molecule has 0 spiro atoms. The van der Waals surface area contributed by atoms with Crippen molar-refractivity contribution in [2.24, 2.45) is 4.99 Å². The van der Waals surface area contributed by atoms with Crippen LogP contribution in [0.3, 0.4) is 0 Å². The summed E-state index contributed by atoms with van der Waals surface area (Å²) in [5.74, 6) is 0.859. The first-order chi connectivity index (χ1) is 16.0. The van der Waals surface area contributed by atoms with E-state index in [9.17, 15) is 14.9 Å². The van der Waals surface area contributed by atoms with Crippen molar-refractivity contribution in [1.82, 2.24) is 0 Å². The number of non-ortho nitro benzene ring substituents is 1. The van der Waals surface area contributed by atoms with E-state index in [0.29, 0.717) is 33.3 Å². The summed E-state index contributed by atoms with van der Waals surface area (Å²) < 4.78 is 10.6. The molecular formula is C24H23N3O5S. The van der Waals surface area contributed by atoms with E-state index in [1.165, 1.54) is 35.5 Å². The van der Waals surface area contributed by atoms with Crippen molar-refractivity contribution in [3.63, 3.8) is 0 Å². The molecule has 0 bridgehead atoms. The van der Waals surface area contributed by atoms with E-state index in [1.807, 2.05) is 0 Å². The summed E-state index contributed by atoms with van der Waals surface area (Å²) in [4.78, 5) is 29.7. The summed E-state index contributed by atoms with van der Waals surface area (Å²) >= 11 is 1.50. The predicted molar refractivity (Wildman–Crippen MR) is 129 cm³/mol. The number of nitrogens with zero attached hydrogens (tertiary/aromatic N) is 2. The molecule has 1 N–H and O–H groups in total. The fourth-order valence-corrected chi connectivity index (χ4v) is 5.05. The van der Waals surface area contributed by atoms with Crippen LogP contribution in [0.4, 0.5) is 16.4 Å². The van der Waals surface area contributed by atoms with Crippen LogP contribution < -0.4 is 14.8 Å². The molecule has 2 aromatic carbocycles. The molecule has 0 saturated heterocycles. The van der Waals surface area contributed by atoms with Crippen LogP contribution in [-0.4, -0.2) is 31.3 Å². The summed E-state index contributed by atoms with van der Waals surface area (Å²) in [6.45, 7) is 0. The standard InChI is InChI=1S/C24H23N3O5S/c1-31-17-10-11-19(20(13-17)32-2)26-23(28)22-18-8-3-4-9-21(18)33-24(22)25-14-15-6-5-7-16(12-15)27(29)30/h5-7,10-14H,3-4,8-9H2,1-2H3,(H,26,28)/b25-14+. The molecule has 0 atom stereocenters. The molecule has 0 radical (unpaired) electrons. The summed E-state index contributed by atoms with van der Waals surface area (Å²) in [6, 6.07) is 11.4. The number of thiophene rings is 1. The van der Waals surface area contributed by atoms with Gasteiger partial charge in [0, 0.05) is 29.3 Å². The van der Waals surface area contributed by atoms with Gasteiger partial charge >= 0.3 is 0 Å². The second-order valence-corrected chi connectivity index (χ2v) is 8.61. The number of fused-ring (bicyclic) bond motifs is 1. The highest BCUT2D eigenvalue weighted by Crippen LogP contribution is 2.41. The number of hydrogen-bond donors (Lipinski definition) is 1. The summed E-state index contributed by atoms with van der Waals surface area (Å²) in [5, 5.41) is 14.6. The second-order valence-electron chi connectivity index (χ2n) is 7.52. The first kappa shape index (κ1) is 22.5. The molecular weight excluding hydrogens is 442 g/mol. The SMILES string of the molecule is COc1ccc(NC(=O)c2c(/N=C/c3cccc([N+](=O)[O-])c3)sc3c2CCCC3)c(OC)c1. The zero-order valence-electron chi connectivity index (χ0n) is 18.3. The van der Waals surface area contributed by atoms with E-state index < -0.39 is 4.92 Å². The normalized spacial score (nSPS) is 12.9. The smallest absolute Gasteiger partial charge is 0.270 e. The summed E-state index contributed by atoms with van der Waals surface area (Å²) in [7, 11) is 3.10. The Morgan fingerprint density at radius 2 is 1.97 bits per heavy atom. The van der Waals surface area contributed by atoms with Crippen LogP contribution in [0.25, 0.3) is 0 Å². The maximum Gasteiger partial charge on any atom is 0.270 e. The van der Waals surface area contributed by atoms with Crippen molar-refractivity contribution < 1.29 is 19.2 Å². The van der Waals surface area contributed by atoms with Gasteiger partial charge in [-0.1, -0.05) is 12.1 Å². The van der Waals surface area contributed by atoms with E-state index in [1.54, 1.807) is 43.7 Å². The van der Waals surface area contributed by atoms with Crippen molar-refractivity contribution in [2.75, 3.05) is 19.5 Å². The van der Waals surface area contributed by atoms with Crippen LogP contribution in [0.1, 0.15) is 39.2 Å². The molecule has 0 saturated carbocycles. The fourth-order valence-electron chi connectivity index (χ4n) is 3.81. The van der Waals surface area contributed by atoms with Crippen LogP contribution in [0.5, 0.6) is 11.5 Å². The number of methoxy groups -OCH3 is 2. The lowest BCUT2D eigenvalue weighted by Crippen LogP contribution is -2.15. The van der Waals surface area contributed by atoms with Gasteiger partial charge in [0.15, 0.2) is 0 Å². The Kier molecular flexibility index (Phi) is 6.69. The Balaban J connectivity index is 1.68. The zero-order valence-corrected chi connectivity index (χ0v) is 19.1. The first-order valence-corrected chi connectivity index (χ1v) is 11.3. The highest BCUT2D eigenvalue weighted by atomic mass is 32.1. The van der Waals surface area contributed by atoms with Gasteiger partial charge in [0.25, 0.3) is 11.6 Å². The van der Waals surface area contributed by atoms with Gasteiger partial charge in [0.1, 0.15) is 16.5 Å². The number of ether oxygens (including phenoxy) is 2. The molecule has 9 heteroatoms. The van der Waals surface area contributed by atoms with E-state index in [0.717, 1.165) is 31.2 Å². The maximum atomic E-state index is 13.4. The Labute approximate surface area is 195 Å². The van der Waals surface area contributed by atoms with Gasteiger partial charge in [-0.25, -0.2) is 4.99 Å². The van der Waals surface area contributed by atoms with Crippen LogP contribution in [0, 0.1) is 10.1 Å². The number of anilines is 1. The number of amides is 1. The predicted octanol–water partition coefficient (Wildman–Crippen LogP) is 5.56. The molecule has 1 heterocycles. The van der Waals surface area contributed by atoms with Gasteiger partial charge in [0.2, 0.25) is 0 Å². The second kappa shape index (κ2) is 9.83. The molecule has 33 heavy (non-hydrogen) atoms. The van der Waals surface area contributed by atoms with Gasteiger partial charge in [-0.2, -0.15) is 0 Å². The maximum absolute atomic E-state index is 13.4. The lowest BCUT2D eigenvalue weighted by atomic mass is 9.95. The Bertz CT molecular complexity index is 1230. The lowest BCUT2D eigenvalue weighted by Gasteiger charge is -2.14. The number of benzene rings is 2. The number of nitrogens with one attached hydrogen (secondary N) is 1. The van der Waals surface area contributed by atoms with Crippen LogP contribution in [0.15, 0.2) is 47.5 Å². The summed E-state index contributed by atoms with van der Waals surface area (Å²) in [6.07, 6.45) is 5.40. The van der Waals surface area contributed by atoms with Gasteiger partial charge in [-0.05, 0) is 48.9 Å². The van der Waals surface area contributed by atoms with Gasteiger partial charge in [-0.15, -0.1) is 11.3 Å². The molecule has 1 aliphatic carbocycles. The van der Waals surface area contributed by atoms with E-state index in [-0.39, 0.29) is 11.6 Å². The van der Waals surface area contributed by atoms with Gasteiger partial charge < -0.3 is 14.8 Å². The number of carbonyl (C=O) groups excluding carboxylic acids is 1. The minimum absolute atomic E-state index is 0.00556. The fraction of sp³-hybridized carbons (Fsp3) is 0.250. The highest BCUT2D eigenvalue weighted by Gasteiger charge is 2.26. The number of carbonyl (C=O) groups is 1. The molecule has 0 fully saturated rings. The molecule has 0 aliphatic heterocycles. The molecule has 170 valence electrons. The van der Waals surface area contributed by atoms with Gasteiger partial charge in [-0.3, -0.25) is 14.9 Å². The zero-order chi connectivity index (χ0) is 23.4. The largest absolute Gasteiger partial charge is 0.497 e. The van der Waals surface area contributed by atoms with Crippen molar-refractivity contribution in [1.29, 1.82) is 0 Å². The molecule has 1 amide bonds. The Morgan fingerprint density at radius 1 is 1.15 bits per heavy atom. The Morgan fingerprint density at radius 3 is 2.73 bits per heavy atom. The van der Waals surface area contributed by atoms with Gasteiger partial charge in [0.05, 0.1) is 30.4 Å². The van der Waals surface area contributed by atoms with Crippen molar-refractivity contribution in [3.8, 4) is 11.5 Å². The van der Waals surface area contributed by atoms with E-state index in [2.05, 4.69) is 10.3 Å². The third kappa shape index (κ3) is 4.88. The monoisotopic (exact) mass is 465 g/mol. The number of aryl methyl sites for hydroxylation is 1. The topological polar surface area (TPSA) is 103 Å². The van der Waals surface area contributed by atoms with E-state index >= 15 is 0 Å². The van der Waals surface area contributed by atoms with Crippen molar-refractivity contribution in [3.05, 3.63) is 74.1 Å². The van der Waals surface area contributed by atoms with Crippen LogP contribution in [-0.2, 0) is 12.8 Å². The van der Waals surface area contributed by atoms with Crippen LogP contribution in [0.2, 0.25) is 0 Å². The molecule has 4 rings (SSSR count). The minimum Gasteiger partial charge on any atom is -0.497 e. The lowest BCUT2D eigenvalue weighted by molar-refractivity contribution is -0.384. The number of aliphatic imine (C=N–C) groups is 1. The number of hydrogen-bond acceptors (Lipinski definition) is 7. The van der Waals surface area contributed by atoms with Crippen molar-refractivity contribution >= 4 is 39.8 Å². The third-order valence-corrected chi connectivity index (χ3v) is 6.65. The summed E-state index contributed by atoms with van der Waals surface area (Å²) in [5.41, 5.74) is 2.71. The average molecular weight is 466 g/mol. The average Bonchev–Trinajstić information content (AvgIpc) is 3.21. The number of nitro benzene ring substituents is 1. The minimum atomic E-state index is -0.442. The highest BCUT2D eigenvalue weighted by molar-refractivity contribution is 7.16. The number of nitro groups is 1. The molecule has 1 aromatic heterocycles. The quantitative estimate of drug-likeness (QED) is 0.280.